The van der Waals surface area contributed by atoms with Crippen molar-refractivity contribution in [3.05, 3.63) is 65.2 Å². The van der Waals surface area contributed by atoms with Gasteiger partial charge in [-0.05, 0) is 49.4 Å². The first kappa shape index (κ1) is 15.5. The fourth-order valence-corrected chi connectivity index (χ4v) is 3.49. The molecule has 0 fully saturated rings. The molecule has 4 aromatic rings. The van der Waals surface area contributed by atoms with Crippen LogP contribution >= 0.6 is 11.3 Å². The number of fused-ring (bicyclic) bond motifs is 1. The number of nitrogens with zero attached hydrogens (tertiary/aromatic N) is 2. The highest BCUT2D eigenvalue weighted by Crippen LogP contribution is 2.29. The number of carbonyl (C=O) groups excluding carboxylic acids is 1. The minimum Gasteiger partial charge on any atom is -0.345 e. The van der Waals surface area contributed by atoms with Crippen LogP contribution in [0.2, 0.25) is 0 Å². The molecule has 0 saturated carbocycles. The number of H-pyrrole nitrogens is 1. The molecule has 2 heterocycles. The van der Waals surface area contributed by atoms with Gasteiger partial charge in [0.05, 0.1) is 23.1 Å². The number of carbonyl (C=O) groups is 1. The van der Waals surface area contributed by atoms with Crippen molar-refractivity contribution in [3.8, 4) is 10.6 Å². The van der Waals surface area contributed by atoms with Gasteiger partial charge >= 0.3 is 0 Å². The number of hydrogen-bond acceptors (Lipinski definition) is 4. The molecule has 0 atom stereocenters. The van der Waals surface area contributed by atoms with Crippen LogP contribution in [0.3, 0.4) is 0 Å². The number of rotatable bonds is 3. The summed E-state index contributed by atoms with van der Waals surface area (Å²) in [4.78, 5) is 24.7. The molecular weight excluding hydrogens is 339 g/mol. The van der Waals surface area contributed by atoms with Gasteiger partial charge in [0.1, 0.15) is 15.7 Å². The van der Waals surface area contributed by atoms with Crippen LogP contribution in [0.5, 0.6) is 0 Å². The van der Waals surface area contributed by atoms with E-state index in [4.69, 9.17) is 0 Å². The van der Waals surface area contributed by atoms with Crippen molar-refractivity contribution in [3.63, 3.8) is 0 Å². The van der Waals surface area contributed by atoms with E-state index in [-0.39, 0.29) is 11.7 Å². The average Bonchev–Trinajstić information content (AvgIpc) is 3.21. The van der Waals surface area contributed by atoms with Crippen molar-refractivity contribution >= 4 is 34.0 Å². The van der Waals surface area contributed by atoms with Gasteiger partial charge in [0.2, 0.25) is 0 Å². The number of nitrogens with one attached hydrogen (secondary N) is 2. The number of anilines is 1. The molecule has 2 aromatic carbocycles. The third kappa shape index (κ3) is 3.01. The minimum absolute atomic E-state index is 0.220. The average molecular weight is 352 g/mol. The maximum Gasteiger partial charge on any atom is 0.267 e. The highest BCUT2D eigenvalue weighted by molar-refractivity contribution is 7.17. The van der Waals surface area contributed by atoms with E-state index in [1.165, 1.54) is 23.5 Å². The van der Waals surface area contributed by atoms with E-state index in [0.29, 0.717) is 21.3 Å². The topological polar surface area (TPSA) is 70.7 Å². The molecule has 0 aliphatic rings. The Balaban J connectivity index is 1.60. The SMILES string of the molecule is Cc1nc(-c2ccc(F)cc2)sc1C(=O)Nc1ccc2nc[nH]c2c1. The van der Waals surface area contributed by atoms with Crippen molar-refractivity contribution in [2.75, 3.05) is 5.32 Å². The summed E-state index contributed by atoms with van der Waals surface area (Å²) in [5.74, 6) is -0.522. The van der Waals surface area contributed by atoms with Crippen molar-refractivity contribution in [1.29, 1.82) is 0 Å². The van der Waals surface area contributed by atoms with Gasteiger partial charge in [-0.1, -0.05) is 0 Å². The molecule has 0 aliphatic carbocycles. The van der Waals surface area contributed by atoms with Gasteiger partial charge in [0, 0.05) is 11.3 Å². The fraction of sp³-hybridized carbons (Fsp3) is 0.0556. The van der Waals surface area contributed by atoms with E-state index in [1.807, 2.05) is 12.1 Å². The van der Waals surface area contributed by atoms with Crippen LogP contribution in [0.1, 0.15) is 15.4 Å². The second-order valence-corrected chi connectivity index (χ2v) is 6.53. The molecule has 0 aliphatic heterocycles. The van der Waals surface area contributed by atoms with E-state index in [0.717, 1.165) is 16.6 Å². The van der Waals surface area contributed by atoms with Crippen LogP contribution < -0.4 is 5.32 Å². The first-order chi connectivity index (χ1) is 12.1. The maximum absolute atomic E-state index is 13.1. The molecule has 0 unspecified atom stereocenters. The molecule has 2 N–H and O–H groups in total. The Morgan fingerprint density at radius 2 is 2.00 bits per heavy atom. The summed E-state index contributed by atoms with van der Waals surface area (Å²) in [5, 5.41) is 3.57. The van der Waals surface area contributed by atoms with E-state index >= 15 is 0 Å². The van der Waals surface area contributed by atoms with E-state index < -0.39 is 0 Å². The van der Waals surface area contributed by atoms with E-state index in [9.17, 15) is 9.18 Å². The molecule has 4 rings (SSSR count). The summed E-state index contributed by atoms with van der Waals surface area (Å²) in [6.45, 7) is 1.79. The van der Waals surface area contributed by atoms with Crippen molar-refractivity contribution in [2.45, 2.75) is 6.92 Å². The third-order valence-corrected chi connectivity index (χ3v) is 4.98. The molecule has 5 nitrogen and oxygen atoms in total. The summed E-state index contributed by atoms with van der Waals surface area (Å²) >= 11 is 1.29. The molecular formula is C18H13FN4OS. The monoisotopic (exact) mass is 352 g/mol. The molecule has 25 heavy (non-hydrogen) atoms. The lowest BCUT2D eigenvalue weighted by Gasteiger charge is -2.03. The molecule has 0 radical (unpaired) electrons. The van der Waals surface area contributed by atoms with Gasteiger partial charge in [-0.25, -0.2) is 14.4 Å². The van der Waals surface area contributed by atoms with Gasteiger partial charge in [0.25, 0.3) is 5.91 Å². The first-order valence-corrected chi connectivity index (χ1v) is 8.39. The van der Waals surface area contributed by atoms with Crippen LogP contribution in [0.25, 0.3) is 21.6 Å². The summed E-state index contributed by atoms with van der Waals surface area (Å²) in [6.07, 6.45) is 1.61. The van der Waals surface area contributed by atoms with Crippen LogP contribution in [0.4, 0.5) is 10.1 Å². The normalized spacial score (nSPS) is 11.0. The number of imidazole rings is 1. The Labute approximate surface area is 146 Å². The first-order valence-electron chi connectivity index (χ1n) is 7.58. The number of amides is 1. The standard InChI is InChI=1S/C18H13FN4OS/c1-10-16(25-18(22-10)11-2-4-12(19)5-3-11)17(24)23-13-6-7-14-15(8-13)21-9-20-14/h2-9H,1H3,(H,20,21)(H,23,24). The Hall–Kier alpha value is -3.06. The second kappa shape index (κ2) is 6.10. The van der Waals surface area contributed by atoms with E-state index in [1.54, 1.807) is 31.5 Å². The predicted molar refractivity (Wildman–Crippen MR) is 96.3 cm³/mol. The Morgan fingerprint density at radius 3 is 2.80 bits per heavy atom. The summed E-state index contributed by atoms with van der Waals surface area (Å²) < 4.78 is 13.1. The zero-order valence-corrected chi connectivity index (χ0v) is 14.0. The smallest absolute Gasteiger partial charge is 0.267 e. The zero-order chi connectivity index (χ0) is 17.4. The quantitative estimate of drug-likeness (QED) is 0.574. The van der Waals surface area contributed by atoms with Crippen LogP contribution in [0.15, 0.2) is 48.8 Å². The lowest BCUT2D eigenvalue weighted by atomic mass is 10.2. The van der Waals surface area contributed by atoms with Crippen molar-refractivity contribution in [1.82, 2.24) is 15.0 Å². The maximum atomic E-state index is 13.1. The highest BCUT2D eigenvalue weighted by atomic mass is 32.1. The third-order valence-electron chi connectivity index (χ3n) is 3.77. The fourth-order valence-electron chi connectivity index (χ4n) is 2.52. The van der Waals surface area contributed by atoms with Gasteiger partial charge in [-0.3, -0.25) is 4.79 Å². The number of aromatic nitrogens is 3. The van der Waals surface area contributed by atoms with Crippen molar-refractivity contribution in [2.24, 2.45) is 0 Å². The molecule has 7 heteroatoms. The molecule has 124 valence electrons. The van der Waals surface area contributed by atoms with Gasteiger partial charge in [0.15, 0.2) is 0 Å². The summed E-state index contributed by atoms with van der Waals surface area (Å²) in [5.41, 5.74) is 3.80. The number of halogens is 1. The summed E-state index contributed by atoms with van der Waals surface area (Å²) in [7, 11) is 0. The van der Waals surface area contributed by atoms with Gasteiger partial charge in [-0.15, -0.1) is 11.3 Å². The molecule has 0 bridgehead atoms. The largest absolute Gasteiger partial charge is 0.345 e. The van der Waals surface area contributed by atoms with Crippen LogP contribution in [-0.4, -0.2) is 20.9 Å². The number of thiazole rings is 1. The van der Waals surface area contributed by atoms with Crippen molar-refractivity contribution < 1.29 is 9.18 Å². The van der Waals surface area contributed by atoms with Gasteiger partial charge < -0.3 is 10.3 Å². The van der Waals surface area contributed by atoms with E-state index in [2.05, 4.69) is 20.3 Å². The Bertz CT molecular complexity index is 1070. The number of aryl methyl sites for hydroxylation is 1. The Kier molecular flexibility index (Phi) is 3.77. The molecule has 1 amide bonds. The number of benzene rings is 2. The summed E-state index contributed by atoms with van der Waals surface area (Å²) in [6, 6.07) is 11.5. The second-order valence-electron chi connectivity index (χ2n) is 5.53. The molecule has 0 saturated heterocycles. The van der Waals surface area contributed by atoms with Gasteiger partial charge in [-0.2, -0.15) is 0 Å². The molecule has 2 aromatic heterocycles. The predicted octanol–water partition coefficient (Wildman–Crippen LogP) is 4.39. The number of hydrogen-bond donors (Lipinski definition) is 2. The lowest BCUT2D eigenvalue weighted by molar-refractivity contribution is 0.103. The lowest BCUT2D eigenvalue weighted by Crippen LogP contribution is -2.11. The highest BCUT2D eigenvalue weighted by Gasteiger charge is 2.16. The minimum atomic E-state index is -0.302. The number of aromatic amines is 1. The zero-order valence-electron chi connectivity index (χ0n) is 13.2. The Morgan fingerprint density at radius 1 is 1.20 bits per heavy atom. The molecule has 0 spiro atoms. The van der Waals surface area contributed by atoms with Crippen LogP contribution in [-0.2, 0) is 0 Å². The van der Waals surface area contributed by atoms with Crippen LogP contribution in [0, 0.1) is 12.7 Å².